The molecule has 124 valence electrons. The van der Waals surface area contributed by atoms with Crippen LogP contribution in [0.15, 0.2) is 46.5 Å². The second-order valence-electron chi connectivity index (χ2n) is 4.96. The Hall–Kier alpha value is -2.19. The van der Waals surface area contributed by atoms with Crippen LogP contribution in [0.25, 0.3) is 10.6 Å². The number of alkyl halides is 3. The maximum absolute atomic E-state index is 12.5. The molecule has 24 heavy (non-hydrogen) atoms. The summed E-state index contributed by atoms with van der Waals surface area (Å²) < 4.78 is 37.5. The predicted molar refractivity (Wildman–Crippen MR) is 89.2 cm³/mol. The zero-order valence-corrected chi connectivity index (χ0v) is 13.8. The van der Waals surface area contributed by atoms with Gasteiger partial charge in [-0.25, -0.2) is 4.98 Å². The fraction of sp³-hybridized carbons (Fsp3) is 0.125. The van der Waals surface area contributed by atoms with Crippen molar-refractivity contribution in [3.05, 3.63) is 57.7 Å². The molecule has 0 bridgehead atoms. The first-order valence-corrected chi connectivity index (χ1v) is 8.68. The van der Waals surface area contributed by atoms with Gasteiger partial charge in [0.1, 0.15) is 5.01 Å². The molecule has 0 saturated heterocycles. The molecule has 0 radical (unpaired) electrons. The Kier molecular flexibility index (Phi) is 4.68. The molecular formula is C16H11F3N2OS2. The van der Waals surface area contributed by atoms with Crippen LogP contribution < -0.4 is 5.32 Å². The molecule has 8 heteroatoms. The van der Waals surface area contributed by atoms with Gasteiger partial charge in [0.2, 0.25) is 5.91 Å². The Balaban J connectivity index is 1.62. The number of rotatable bonds is 4. The van der Waals surface area contributed by atoms with Gasteiger partial charge in [0.25, 0.3) is 0 Å². The third-order valence-corrected chi connectivity index (χ3v) is 4.78. The first-order chi connectivity index (χ1) is 11.4. The Morgan fingerprint density at radius 2 is 1.88 bits per heavy atom. The summed E-state index contributed by atoms with van der Waals surface area (Å²) in [6, 6.07) is 6.30. The number of nitrogens with zero attached hydrogens (tertiary/aromatic N) is 1. The van der Waals surface area contributed by atoms with Gasteiger partial charge in [0.15, 0.2) is 0 Å². The summed E-state index contributed by atoms with van der Waals surface area (Å²) in [4.78, 5) is 16.4. The highest BCUT2D eigenvalue weighted by Gasteiger charge is 2.29. The van der Waals surface area contributed by atoms with E-state index in [1.54, 1.807) is 16.7 Å². The molecule has 3 nitrogen and oxygen atoms in total. The number of hydrogen-bond donors (Lipinski definition) is 1. The predicted octanol–water partition coefficient (Wildman–Crippen LogP) is 5.07. The van der Waals surface area contributed by atoms with E-state index in [2.05, 4.69) is 10.3 Å². The van der Waals surface area contributed by atoms with Crippen LogP contribution >= 0.6 is 22.7 Å². The molecular weight excluding hydrogens is 357 g/mol. The van der Waals surface area contributed by atoms with Crippen molar-refractivity contribution in [2.75, 3.05) is 5.32 Å². The highest BCUT2D eigenvalue weighted by atomic mass is 32.1. The fourth-order valence-corrected chi connectivity index (χ4v) is 3.55. The number of benzene rings is 1. The van der Waals surface area contributed by atoms with E-state index in [1.807, 2.05) is 16.8 Å². The number of nitrogens with one attached hydrogen (secondary N) is 1. The van der Waals surface area contributed by atoms with Crippen molar-refractivity contribution in [2.24, 2.45) is 0 Å². The number of thiophene rings is 1. The van der Waals surface area contributed by atoms with E-state index in [0.29, 0.717) is 11.4 Å². The molecule has 0 saturated carbocycles. The van der Waals surface area contributed by atoms with Crippen LogP contribution in [0, 0.1) is 0 Å². The number of carbonyl (C=O) groups is 1. The number of amides is 1. The van der Waals surface area contributed by atoms with Crippen molar-refractivity contribution in [2.45, 2.75) is 12.6 Å². The van der Waals surface area contributed by atoms with Crippen molar-refractivity contribution < 1.29 is 18.0 Å². The summed E-state index contributed by atoms with van der Waals surface area (Å²) in [5, 5.41) is 9.15. The number of aromatic nitrogens is 1. The largest absolute Gasteiger partial charge is 0.416 e. The van der Waals surface area contributed by atoms with Crippen LogP contribution in [-0.4, -0.2) is 10.9 Å². The van der Waals surface area contributed by atoms with Gasteiger partial charge in [0, 0.05) is 22.0 Å². The monoisotopic (exact) mass is 368 g/mol. The highest BCUT2D eigenvalue weighted by Crippen LogP contribution is 2.30. The van der Waals surface area contributed by atoms with Crippen molar-refractivity contribution in [3.8, 4) is 10.6 Å². The molecule has 3 aromatic rings. The van der Waals surface area contributed by atoms with E-state index in [4.69, 9.17) is 0 Å². The molecule has 2 aromatic heterocycles. The fourth-order valence-electron chi connectivity index (χ4n) is 2.02. The maximum atomic E-state index is 12.5. The van der Waals surface area contributed by atoms with E-state index in [0.717, 1.165) is 22.7 Å². The van der Waals surface area contributed by atoms with Gasteiger partial charge in [-0.3, -0.25) is 4.79 Å². The van der Waals surface area contributed by atoms with Crippen LogP contribution in [0.1, 0.15) is 11.3 Å². The Labute approximate surface area is 143 Å². The molecule has 0 atom stereocenters. The zero-order chi connectivity index (χ0) is 17.2. The minimum atomic E-state index is -4.39. The molecule has 0 aliphatic rings. The summed E-state index contributed by atoms with van der Waals surface area (Å²) in [5.41, 5.74) is 1.21. The van der Waals surface area contributed by atoms with Crippen molar-refractivity contribution in [1.82, 2.24) is 4.98 Å². The van der Waals surface area contributed by atoms with Crippen LogP contribution in [0.4, 0.5) is 18.9 Å². The van der Waals surface area contributed by atoms with E-state index in [1.165, 1.54) is 23.5 Å². The van der Waals surface area contributed by atoms with Gasteiger partial charge in [-0.2, -0.15) is 24.5 Å². The molecule has 2 heterocycles. The molecule has 0 aliphatic carbocycles. The second kappa shape index (κ2) is 6.74. The molecule has 0 aliphatic heterocycles. The van der Waals surface area contributed by atoms with Gasteiger partial charge in [-0.15, -0.1) is 11.3 Å². The summed E-state index contributed by atoms with van der Waals surface area (Å²) in [5.74, 6) is -0.322. The summed E-state index contributed by atoms with van der Waals surface area (Å²) in [7, 11) is 0. The van der Waals surface area contributed by atoms with Crippen LogP contribution in [-0.2, 0) is 17.4 Å². The molecule has 1 amide bonds. The molecule has 3 rings (SSSR count). The number of thiazole rings is 1. The molecule has 0 spiro atoms. The summed E-state index contributed by atoms with van der Waals surface area (Å²) in [6.45, 7) is 0. The third-order valence-electron chi connectivity index (χ3n) is 3.16. The second-order valence-corrected chi connectivity index (χ2v) is 6.59. The van der Waals surface area contributed by atoms with Crippen LogP contribution in [0.3, 0.4) is 0 Å². The SMILES string of the molecule is O=C(Cc1csc(-c2ccsc2)n1)Nc1ccc(C(F)(F)F)cc1. The van der Waals surface area contributed by atoms with Gasteiger partial charge in [-0.1, -0.05) is 0 Å². The summed E-state index contributed by atoms with van der Waals surface area (Å²) in [6.07, 6.45) is -4.32. The lowest BCUT2D eigenvalue weighted by molar-refractivity contribution is -0.137. The van der Waals surface area contributed by atoms with Crippen molar-refractivity contribution in [1.29, 1.82) is 0 Å². The quantitative estimate of drug-likeness (QED) is 0.698. The summed E-state index contributed by atoms with van der Waals surface area (Å²) >= 11 is 3.02. The van der Waals surface area contributed by atoms with Gasteiger partial charge < -0.3 is 5.32 Å². The lowest BCUT2D eigenvalue weighted by Gasteiger charge is -2.08. The highest BCUT2D eigenvalue weighted by molar-refractivity contribution is 7.14. The van der Waals surface area contributed by atoms with Gasteiger partial charge >= 0.3 is 6.18 Å². The molecule has 0 fully saturated rings. The first-order valence-electron chi connectivity index (χ1n) is 6.86. The maximum Gasteiger partial charge on any atom is 0.416 e. The standard InChI is InChI=1S/C16H11F3N2OS2/c17-16(18,19)11-1-3-12(4-2-11)20-14(22)7-13-9-24-15(21-13)10-5-6-23-8-10/h1-6,8-9H,7H2,(H,20,22). The van der Waals surface area contributed by atoms with E-state index >= 15 is 0 Å². The van der Waals surface area contributed by atoms with Crippen LogP contribution in [0.5, 0.6) is 0 Å². The van der Waals surface area contributed by atoms with Crippen LogP contribution in [0.2, 0.25) is 0 Å². The lowest BCUT2D eigenvalue weighted by atomic mass is 10.2. The minimum Gasteiger partial charge on any atom is -0.326 e. The van der Waals surface area contributed by atoms with Gasteiger partial charge in [-0.05, 0) is 35.7 Å². The average Bonchev–Trinajstić information content (AvgIpc) is 3.17. The number of halogens is 3. The molecule has 1 N–H and O–H groups in total. The normalized spacial score (nSPS) is 11.5. The Morgan fingerprint density at radius 3 is 2.50 bits per heavy atom. The molecule has 1 aromatic carbocycles. The number of carbonyl (C=O) groups excluding carboxylic acids is 1. The van der Waals surface area contributed by atoms with Crippen molar-refractivity contribution in [3.63, 3.8) is 0 Å². The zero-order valence-electron chi connectivity index (χ0n) is 12.1. The number of anilines is 1. The van der Waals surface area contributed by atoms with E-state index in [-0.39, 0.29) is 12.3 Å². The topological polar surface area (TPSA) is 42.0 Å². The molecule has 0 unspecified atom stereocenters. The Bertz CT molecular complexity index is 824. The lowest BCUT2D eigenvalue weighted by Crippen LogP contribution is -2.15. The smallest absolute Gasteiger partial charge is 0.326 e. The average molecular weight is 368 g/mol. The Morgan fingerprint density at radius 1 is 1.12 bits per heavy atom. The van der Waals surface area contributed by atoms with Gasteiger partial charge in [0.05, 0.1) is 17.7 Å². The van der Waals surface area contributed by atoms with Crippen molar-refractivity contribution >= 4 is 34.3 Å². The number of hydrogen-bond acceptors (Lipinski definition) is 4. The van der Waals surface area contributed by atoms with E-state index in [9.17, 15) is 18.0 Å². The first kappa shape index (κ1) is 16.7. The third kappa shape index (κ3) is 4.01. The van der Waals surface area contributed by atoms with E-state index < -0.39 is 11.7 Å². The minimum absolute atomic E-state index is 0.0711.